The van der Waals surface area contributed by atoms with Crippen molar-refractivity contribution in [3.63, 3.8) is 0 Å². The summed E-state index contributed by atoms with van der Waals surface area (Å²) in [5.41, 5.74) is 2.90. The first-order valence-electron chi connectivity index (χ1n) is 5.44. The summed E-state index contributed by atoms with van der Waals surface area (Å²) in [7, 11) is -4.64. The summed E-state index contributed by atoms with van der Waals surface area (Å²) in [5, 5.41) is 3.35. The lowest BCUT2D eigenvalue weighted by Gasteiger charge is -2.10. The molecule has 0 unspecified atom stereocenters. The standard InChI is InChI=1S/C12H13N.H3O4P/c1-2-9-13-12-8-7-10-5-3-4-6-11(10)12;1-5(2,3)4/h1,3-6,12-13H,7-9H2;(H3,1,2,3,4)/t12-;/m1./s1. The quantitative estimate of drug-likeness (QED) is 0.474. The molecule has 0 radical (unpaired) electrons. The maximum absolute atomic E-state index is 8.88. The van der Waals surface area contributed by atoms with Crippen LogP contribution in [0.5, 0.6) is 0 Å². The number of terminal acetylenes is 1. The van der Waals surface area contributed by atoms with Crippen LogP contribution in [-0.2, 0) is 11.0 Å². The van der Waals surface area contributed by atoms with Gasteiger partial charge in [0.15, 0.2) is 0 Å². The molecule has 5 nitrogen and oxygen atoms in total. The molecule has 1 aromatic carbocycles. The Hall–Kier alpha value is -1.15. The average Bonchev–Trinajstić information content (AvgIpc) is 2.67. The minimum atomic E-state index is -4.64. The molecule has 0 aliphatic heterocycles. The van der Waals surface area contributed by atoms with Crippen LogP contribution >= 0.6 is 7.82 Å². The van der Waals surface area contributed by atoms with E-state index in [1.54, 1.807) is 0 Å². The molecule has 98 valence electrons. The predicted molar refractivity (Wildman–Crippen MR) is 68.6 cm³/mol. The highest BCUT2D eigenvalue weighted by molar-refractivity contribution is 7.45. The van der Waals surface area contributed by atoms with Gasteiger partial charge in [-0.3, -0.25) is 5.32 Å². The van der Waals surface area contributed by atoms with E-state index in [-0.39, 0.29) is 0 Å². The number of nitrogens with one attached hydrogen (secondary N) is 1. The summed E-state index contributed by atoms with van der Waals surface area (Å²) in [4.78, 5) is 21.6. The van der Waals surface area contributed by atoms with Crippen molar-refractivity contribution in [2.75, 3.05) is 6.54 Å². The van der Waals surface area contributed by atoms with Crippen molar-refractivity contribution in [1.29, 1.82) is 0 Å². The van der Waals surface area contributed by atoms with Gasteiger partial charge in [-0.25, -0.2) is 4.57 Å². The van der Waals surface area contributed by atoms with E-state index in [0.29, 0.717) is 12.6 Å². The summed E-state index contributed by atoms with van der Waals surface area (Å²) in [6.45, 7) is 0.666. The van der Waals surface area contributed by atoms with E-state index >= 15 is 0 Å². The van der Waals surface area contributed by atoms with Crippen molar-refractivity contribution in [3.8, 4) is 12.3 Å². The Bertz CT molecular complexity index is 469. The molecule has 0 saturated heterocycles. The van der Waals surface area contributed by atoms with E-state index in [9.17, 15) is 0 Å². The fraction of sp³-hybridized carbons (Fsp3) is 0.333. The van der Waals surface area contributed by atoms with Crippen LogP contribution in [0.4, 0.5) is 0 Å². The Labute approximate surface area is 106 Å². The lowest BCUT2D eigenvalue weighted by Crippen LogP contribution is -2.19. The van der Waals surface area contributed by atoms with Gasteiger partial charge in [0.2, 0.25) is 0 Å². The molecule has 1 aromatic rings. The summed E-state index contributed by atoms with van der Waals surface area (Å²) in [5.74, 6) is 2.61. The highest BCUT2D eigenvalue weighted by atomic mass is 31.2. The molecule has 0 spiro atoms. The molecule has 0 aromatic heterocycles. The molecule has 1 atom stereocenters. The molecule has 18 heavy (non-hydrogen) atoms. The third kappa shape index (κ3) is 5.46. The molecule has 0 saturated carbocycles. The lowest BCUT2D eigenvalue weighted by atomic mass is 10.1. The minimum absolute atomic E-state index is 0.479. The van der Waals surface area contributed by atoms with E-state index in [1.807, 2.05) is 0 Å². The number of rotatable bonds is 2. The molecule has 4 N–H and O–H groups in total. The lowest BCUT2D eigenvalue weighted by molar-refractivity contribution is 0.275. The van der Waals surface area contributed by atoms with E-state index < -0.39 is 7.82 Å². The summed E-state index contributed by atoms with van der Waals surface area (Å²) in [6, 6.07) is 9.06. The SMILES string of the molecule is C#CCN[C@@H]1CCc2ccccc21.O=P(O)(O)O. The number of benzene rings is 1. The van der Waals surface area contributed by atoms with Crippen LogP contribution in [0.3, 0.4) is 0 Å². The van der Waals surface area contributed by atoms with Crippen molar-refractivity contribution in [2.45, 2.75) is 18.9 Å². The van der Waals surface area contributed by atoms with Crippen molar-refractivity contribution in [1.82, 2.24) is 5.32 Å². The van der Waals surface area contributed by atoms with Crippen LogP contribution in [0, 0.1) is 12.3 Å². The monoisotopic (exact) mass is 269 g/mol. The van der Waals surface area contributed by atoms with Crippen molar-refractivity contribution in [3.05, 3.63) is 35.4 Å². The second-order valence-electron chi connectivity index (χ2n) is 3.89. The maximum atomic E-state index is 8.88. The van der Waals surface area contributed by atoms with Crippen LogP contribution in [-0.4, -0.2) is 21.2 Å². The Morgan fingerprint density at radius 3 is 2.61 bits per heavy atom. The first kappa shape index (κ1) is 14.9. The van der Waals surface area contributed by atoms with Gasteiger partial charge in [-0.1, -0.05) is 30.2 Å². The van der Waals surface area contributed by atoms with Gasteiger partial charge in [0.25, 0.3) is 0 Å². The summed E-state index contributed by atoms with van der Waals surface area (Å²) in [6.07, 6.45) is 7.57. The molecule has 0 amide bonds. The fourth-order valence-corrected chi connectivity index (χ4v) is 1.95. The zero-order valence-corrected chi connectivity index (χ0v) is 10.7. The third-order valence-electron chi connectivity index (χ3n) is 2.58. The second-order valence-corrected chi connectivity index (χ2v) is 4.91. The molecule has 0 fully saturated rings. The van der Waals surface area contributed by atoms with E-state index in [4.69, 9.17) is 25.7 Å². The van der Waals surface area contributed by atoms with Gasteiger partial charge >= 0.3 is 7.82 Å². The summed E-state index contributed by atoms with van der Waals surface area (Å²) < 4.78 is 8.88. The first-order chi connectivity index (χ1) is 8.42. The number of aryl methyl sites for hydroxylation is 1. The van der Waals surface area contributed by atoms with Crippen LogP contribution in [0.25, 0.3) is 0 Å². The van der Waals surface area contributed by atoms with E-state index in [1.165, 1.54) is 24.0 Å². The van der Waals surface area contributed by atoms with Crippen LogP contribution in [0.2, 0.25) is 0 Å². The molecular formula is C12H16NO4P. The third-order valence-corrected chi connectivity index (χ3v) is 2.58. The van der Waals surface area contributed by atoms with Gasteiger partial charge in [-0.2, -0.15) is 0 Å². The fourth-order valence-electron chi connectivity index (χ4n) is 1.95. The van der Waals surface area contributed by atoms with Crippen molar-refractivity contribution < 1.29 is 19.2 Å². The Balaban J connectivity index is 0.000000280. The largest absolute Gasteiger partial charge is 0.466 e. The van der Waals surface area contributed by atoms with Crippen molar-refractivity contribution >= 4 is 7.82 Å². The number of phosphoric acid groups is 1. The topological polar surface area (TPSA) is 89.8 Å². The number of hydrogen-bond acceptors (Lipinski definition) is 2. The van der Waals surface area contributed by atoms with E-state index in [2.05, 4.69) is 35.5 Å². The number of hydrogen-bond donors (Lipinski definition) is 4. The Kier molecular flexibility index (Phi) is 5.54. The molecule has 1 aliphatic rings. The van der Waals surface area contributed by atoms with Gasteiger partial charge in [0.05, 0.1) is 6.54 Å². The van der Waals surface area contributed by atoms with E-state index in [0.717, 1.165) is 0 Å². The molecule has 1 aliphatic carbocycles. The average molecular weight is 269 g/mol. The molecule has 6 heteroatoms. The van der Waals surface area contributed by atoms with Crippen LogP contribution in [0.15, 0.2) is 24.3 Å². The van der Waals surface area contributed by atoms with Gasteiger partial charge in [0.1, 0.15) is 0 Å². The zero-order chi connectivity index (χ0) is 13.6. The number of fused-ring (bicyclic) bond motifs is 1. The van der Waals surface area contributed by atoms with Crippen LogP contribution in [0.1, 0.15) is 23.6 Å². The Morgan fingerprint density at radius 1 is 1.39 bits per heavy atom. The predicted octanol–water partition coefficient (Wildman–Crippen LogP) is 0.968. The second kappa shape index (κ2) is 6.69. The molecular weight excluding hydrogens is 253 g/mol. The Morgan fingerprint density at radius 2 is 2.00 bits per heavy atom. The normalized spacial score (nSPS) is 17.3. The molecule has 2 rings (SSSR count). The van der Waals surface area contributed by atoms with Crippen LogP contribution < -0.4 is 5.32 Å². The van der Waals surface area contributed by atoms with Gasteiger partial charge in [-0.15, -0.1) is 6.42 Å². The van der Waals surface area contributed by atoms with Gasteiger partial charge in [-0.05, 0) is 24.0 Å². The zero-order valence-electron chi connectivity index (χ0n) is 9.78. The molecule has 0 bridgehead atoms. The molecule has 0 heterocycles. The van der Waals surface area contributed by atoms with Gasteiger partial charge in [0, 0.05) is 6.04 Å². The van der Waals surface area contributed by atoms with Crippen molar-refractivity contribution in [2.24, 2.45) is 0 Å². The smallest absolute Gasteiger partial charge is 0.303 e. The first-order valence-corrected chi connectivity index (χ1v) is 7.01. The highest BCUT2D eigenvalue weighted by Gasteiger charge is 2.20. The summed E-state index contributed by atoms with van der Waals surface area (Å²) >= 11 is 0. The maximum Gasteiger partial charge on any atom is 0.466 e. The highest BCUT2D eigenvalue weighted by Crippen LogP contribution is 2.30. The van der Waals surface area contributed by atoms with Gasteiger partial charge < -0.3 is 14.7 Å². The minimum Gasteiger partial charge on any atom is -0.303 e.